The van der Waals surface area contributed by atoms with Crippen LogP contribution in [0.25, 0.3) is 0 Å². The van der Waals surface area contributed by atoms with Gasteiger partial charge in [0.2, 0.25) is 0 Å². The molecule has 0 radical (unpaired) electrons. The quantitative estimate of drug-likeness (QED) is 0.895. The Bertz CT molecular complexity index is 394. The van der Waals surface area contributed by atoms with E-state index in [0.717, 1.165) is 26.2 Å². The van der Waals surface area contributed by atoms with E-state index >= 15 is 0 Å². The van der Waals surface area contributed by atoms with Crippen LogP contribution in [0.5, 0.6) is 0 Å². The van der Waals surface area contributed by atoms with E-state index in [4.69, 9.17) is 4.74 Å². The summed E-state index contributed by atoms with van der Waals surface area (Å²) in [6, 6.07) is 9.08. The number of hydrogen-bond donors (Lipinski definition) is 1. The third-order valence-corrected chi connectivity index (χ3v) is 3.96. The lowest BCUT2D eigenvalue weighted by Crippen LogP contribution is -2.44. The van der Waals surface area contributed by atoms with Crippen LogP contribution in [-0.2, 0) is 11.3 Å². The molecule has 1 heterocycles. The molecule has 1 saturated heterocycles. The molecule has 1 aliphatic rings. The summed E-state index contributed by atoms with van der Waals surface area (Å²) in [7, 11) is 2.01. The molecule has 1 aromatic rings. The monoisotopic (exact) mass is 276 g/mol. The Morgan fingerprint density at radius 3 is 2.35 bits per heavy atom. The van der Waals surface area contributed by atoms with E-state index in [1.807, 2.05) is 7.05 Å². The van der Waals surface area contributed by atoms with Crippen molar-refractivity contribution in [1.82, 2.24) is 10.2 Å². The van der Waals surface area contributed by atoms with E-state index in [1.165, 1.54) is 11.1 Å². The second kappa shape index (κ2) is 7.21. The van der Waals surface area contributed by atoms with E-state index in [2.05, 4.69) is 55.3 Å². The van der Waals surface area contributed by atoms with Gasteiger partial charge in [0.25, 0.3) is 0 Å². The molecule has 112 valence electrons. The van der Waals surface area contributed by atoms with E-state index in [9.17, 15) is 0 Å². The second-order valence-electron chi connectivity index (χ2n) is 6.15. The first-order valence-electron chi connectivity index (χ1n) is 7.69. The first-order chi connectivity index (χ1) is 9.58. The third kappa shape index (κ3) is 4.30. The summed E-state index contributed by atoms with van der Waals surface area (Å²) >= 11 is 0. The van der Waals surface area contributed by atoms with Gasteiger partial charge in [-0.05, 0) is 37.9 Å². The van der Waals surface area contributed by atoms with E-state index in [0.29, 0.717) is 18.1 Å². The molecule has 1 unspecified atom stereocenters. The van der Waals surface area contributed by atoms with E-state index in [-0.39, 0.29) is 0 Å². The number of benzene rings is 1. The standard InChI is InChI=1S/C17H28N2O/c1-13(9-18-4)17-7-5-16(6-8-17)12-19-10-14(2)20-15(3)11-19/h5-8,13-15,18H,9-12H2,1-4H3/t13?,14-,15+. The van der Waals surface area contributed by atoms with Gasteiger partial charge < -0.3 is 10.1 Å². The second-order valence-corrected chi connectivity index (χ2v) is 6.15. The highest BCUT2D eigenvalue weighted by molar-refractivity contribution is 5.25. The Labute approximate surface area is 123 Å². The predicted molar refractivity (Wildman–Crippen MR) is 84.1 cm³/mol. The van der Waals surface area contributed by atoms with Crippen molar-refractivity contribution < 1.29 is 4.74 Å². The number of hydrogen-bond acceptors (Lipinski definition) is 3. The number of rotatable bonds is 5. The third-order valence-electron chi connectivity index (χ3n) is 3.96. The minimum Gasteiger partial charge on any atom is -0.373 e. The van der Waals surface area contributed by atoms with Crippen molar-refractivity contribution in [3.05, 3.63) is 35.4 Å². The molecule has 0 saturated carbocycles. The number of likely N-dealkylation sites (N-methyl/N-ethyl adjacent to an activating group) is 1. The molecular formula is C17H28N2O. The van der Waals surface area contributed by atoms with Crippen molar-refractivity contribution in [2.45, 2.75) is 45.4 Å². The minimum atomic E-state index is 0.341. The van der Waals surface area contributed by atoms with Gasteiger partial charge in [0.05, 0.1) is 12.2 Å². The maximum absolute atomic E-state index is 5.78. The summed E-state index contributed by atoms with van der Waals surface area (Å²) in [5, 5.41) is 3.23. The van der Waals surface area contributed by atoms with Gasteiger partial charge in [-0.25, -0.2) is 0 Å². The fourth-order valence-electron chi connectivity index (χ4n) is 3.05. The van der Waals surface area contributed by atoms with Gasteiger partial charge in [0, 0.05) is 26.2 Å². The average molecular weight is 276 g/mol. The average Bonchev–Trinajstić information content (AvgIpc) is 2.38. The molecule has 2 rings (SSSR count). The van der Waals surface area contributed by atoms with Crippen molar-refractivity contribution in [2.24, 2.45) is 0 Å². The van der Waals surface area contributed by atoms with Gasteiger partial charge in [0.1, 0.15) is 0 Å². The van der Waals surface area contributed by atoms with Crippen molar-refractivity contribution in [2.75, 3.05) is 26.7 Å². The highest BCUT2D eigenvalue weighted by atomic mass is 16.5. The summed E-state index contributed by atoms with van der Waals surface area (Å²) < 4.78 is 5.78. The fraction of sp³-hybridized carbons (Fsp3) is 0.647. The molecule has 1 fully saturated rings. The normalized spacial score (nSPS) is 25.6. The summed E-state index contributed by atoms with van der Waals surface area (Å²) in [5.74, 6) is 0.567. The lowest BCUT2D eigenvalue weighted by Gasteiger charge is -2.35. The molecule has 3 atom stereocenters. The highest BCUT2D eigenvalue weighted by Gasteiger charge is 2.21. The molecule has 0 aliphatic carbocycles. The predicted octanol–water partition coefficient (Wildman–Crippen LogP) is 2.62. The Hall–Kier alpha value is -0.900. The molecule has 0 spiro atoms. The fourth-order valence-corrected chi connectivity index (χ4v) is 3.05. The SMILES string of the molecule is CNCC(C)c1ccc(CN2C[C@@H](C)O[C@@H](C)C2)cc1. The van der Waals surface area contributed by atoms with E-state index < -0.39 is 0 Å². The van der Waals surface area contributed by atoms with Crippen LogP contribution >= 0.6 is 0 Å². The van der Waals surface area contributed by atoms with Gasteiger partial charge in [-0.3, -0.25) is 4.90 Å². The molecule has 0 bridgehead atoms. The van der Waals surface area contributed by atoms with Crippen LogP contribution in [0.1, 0.15) is 37.8 Å². The highest BCUT2D eigenvalue weighted by Crippen LogP contribution is 2.18. The van der Waals surface area contributed by atoms with Crippen molar-refractivity contribution >= 4 is 0 Å². The smallest absolute Gasteiger partial charge is 0.0678 e. The Kier molecular flexibility index (Phi) is 5.58. The van der Waals surface area contributed by atoms with Crippen molar-refractivity contribution in [3.63, 3.8) is 0 Å². The number of morpholine rings is 1. The molecule has 1 N–H and O–H groups in total. The van der Waals surface area contributed by atoms with Gasteiger partial charge in [-0.2, -0.15) is 0 Å². The van der Waals surface area contributed by atoms with Crippen LogP contribution in [0.4, 0.5) is 0 Å². The summed E-state index contributed by atoms with van der Waals surface area (Å²) in [5.41, 5.74) is 2.80. The van der Waals surface area contributed by atoms with E-state index in [1.54, 1.807) is 0 Å². The topological polar surface area (TPSA) is 24.5 Å². The molecule has 0 amide bonds. The maximum atomic E-state index is 5.78. The van der Waals surface area contributed by atoms with Crippen LogP contribution in [-0.4, -0.2) is 43.8 Å². The lowest BCUT2D eigenvalue weighted by atomic mass is 9.99. The van der Waals surface area contributed by atoms with Crippen LogP contribution in [0.3, 0.4) is 0 Å². The Morgan fingerprint density at radius 2 is 1.80 bits per heavy atom. The maximum Gasteiger partial charge on any atom is 0.0678 e. The summed E-state index contributed by atoms with van der Waals surface area (Å²) in [4.78, 5) is 2.49. The largest absolute Gasteiger partial charge is 0.373 e. The molecule has 3 heteroatoms. The minimum absolute atomic E-state index is 0.341. The van der Waals surface area contributed by atoms with Crippen molar-refractivity contribution in [3.8, 4) is 0 Å². The molecular weight excluding hydrogens is 248 g/mol. The van der Waals surface area contributed by atoms with Crippen LogP contribution in [0.15, 0.2) is 24.3 Å². The van der Waals surface area contributed by atoms with Gasteiger partial charge in [0.15, 0.2) is 0 Å². The zero-order valence-electron chi connectivity index (χ0n) is 13.2. The molecule has 20 heavy (non-hydrogen) atoms. The number of nitrogens with one attached hydrogen (secondary N) is 1. The summed E-state index contributed by atoms with van der Waals surface area (Å²) in [6.45, 7) is 10.7. The lowest BCUT2D eigenvalue weighted by molar-refractivity contribution is -0.0704. The van der Waals surface area contributed by atoms with Crippen LogP contribution in [0.2, 0.25) is 0 Å². The zero-order valence-corrected chi connectivity index (χ0v) is 13.2. The Balaban J connectivity index is 1.93. The first kappa shape index (κ1) is 15.5. The zero-order chi connectivity index (χ0) is 14.5. The molecule has 1 aromatic carbocycles. The molecule has 0 aromatic heterocycles. The first-order valence-corrected chi connectivity index (χ1v) is 7.69. The molecule has 1 aliphatic heterocycles. The summed E-state index contributed by atoms with van der Waals surface area (Å²) in [6.07, 6.45) is 0.683. The molecule has 3 nitrogen and oxygen atoms in total. The van der Waals surface area contributed by atoms with Gasteiger partial charge in [-0.1, -0.05) is 31.2 Å². The van der Waals surface area contributed by atoms with Crippen molar-refractivity contribution in [1.29, 1.82) is 0 Å². The van der Waals surface area contributed by atoms with Crippen LogP contribution < -0.4 is 5.32 Å². The number of ether oxygens (including phenoxy) is 1. The van der Waals surface area contributed by atoms with Gasteiger partial charge >= 0.3 is 0 Å². The van der Waals surface area contributed by atoms with Gasteiger partial charge in [-0.15, -0.1) is 0 Å². The Morgan fingerprint density at radius 1 is 1.20 bits per heavy atom. The number of nitrogens with zero attached hydrogens (tertiary/aromatic N) is 1. The van der Waals surface area contributed by atoms with Crippen LogP contribution in [0, 0.1) is 0 Å².